The summed E-state index contributed by atoms with van der Waals surface area (Å²) in [4.78, 5) is 6.29. The molecule has 1 aromatic heterocycles. The molecule has 2 heterocycles. The quantitative estimate of drug-likeness (QED) is 0.841. The fourth-order valence-corrected chi connectivity index (χ4v) is 4.17. The van der Waals surface area contributed by atoms with Crippen molar-refractivity contribution in [3.63, 3.8) is 0 Å². The number of nitrogens with zero attached hydrogens (tertiary/aromatic N) is 4. The highest BCUT2D eigenvalue weighted by Crippen LogP contribution is 2.18. The Labute approximate surface area is 142 Å². The van der Waals surface area contributed by atoms with Crippen molar-refractivity contribution in [2.45, 2.75) is 11.4 Å². The third-order valence-electron chi connectivity index (χ3n) is 4.14. The molecule has 0 amide bonds. The Morgan fingerprint density at radius 1 is 1.08 bits per heavy atom. The van der Waals surface area contributed by atoms with E-state index in [4.69, 9.17) is 5.26 Å². The van der Waals surface area contributed by atoms with Gasteiger partial charge in [-0.15, -0.1) is 0 Å². The number of pyridine rings is 1. The second kappa shape index (κ2) is 7.09. The first-order valence-corrected chi connectivity index (χ1v) is 9.16. The second-order valence-corrected chi connectivity index (χ2v) is 7.58. The number of rotatable bonds is 4. The maximum absolute atomic E-state index is 12.6. The summed E-state index contributed by atoms with van der Waals surface area (Å²) < 4.78 is 26.7. The Bertz CT molecular complexity index is 838. The summed E-state index contributed by atoms with van der Waals surface area (Å²) in [6.07, 6.45) is 2.94. The Morgan fingerprint density at radius 3 is 2.50 bits per heavy atom. The number of nitriles is 1. The van der Waals surface area contributed by atoms with E-state index in [-0.39, 0.29) is 4.90 Å². The smallest absolute Gasteiger partial charge is 0.244 e. The molecule has 0 aliphatic carbocycles. The van der Waals surface area contributed by atoms with Crippen molar-refractivity contribution in [2.75, 3.05) is 26.2 Å². The molecular weight excluding hydrogens is 324 g/mol. The van der Waals surface area contributed by atoms with Crippen LogP contribution < -0.4 is 0 Å². The van der Waals surface area contributed by atoms with Crippen molar-refractivity contribution >= 4 is 10.0 Å². The number of hydrogen-bond acceptors (Lipinski definition) is 5. The summed E-state index contributed by atoms with van der Waals surface area (Å²) in [7, 11) is -3.48. The summed E-state index contributed by atoms with van der Waals surface area (Å²) in [5.41, 5.74) is 1.64. The van der Waals surface area contributed by atoms with E-state index in [1.54, 1.807) is 24.4 Å². The van der Waals surface area contributed by atoms with E-state index in [2.05, 4.69) is 16.0 Å². The van der Waals surface area contributed by atoms with Gasteiger partial charge in [-0.3, -0.25) is 9.88 Å². The van der Waals surface area contributed by atoms with Crippen LogP contribution in [0.2, 0.25) is 0 Å². The number of piperazine rings is 1. The maximum atomic E-state index is 12.6. The zero-order chi connectivity index (χ0) is 17.0. The molecule has 2 aromatic rings. The summed E-state index contributed by atoms with van der Waals surface area (Å²) in [5, 5.41) is 9.16. The van der Waals surface area contributed by atoms with Crippen LogP contribution in [0.1, 0.15) is 11.1 Å². The minimum Gasteiger partial charge on any atom is -0.296 e. The van der Waals surface area contributed by atoms with E-state index in [1.807, 2.05) is 18.2 Å². The SMILES string of the molecule is N#Cc1ccccc1CN1CCN(S(=O)(=O)c2cccnc2)CC1. The van der Waals surface area contributed by atoms with E-state index >= 15 is 0 Å². The van der Waals surface area contributed by atoms with Crippen LogP contribution in [-0.2, 0) is 16.6 Å². The molecule has 124 valence electrons. The van der Waals surface area contributed by atoms with Crippen LogP contribution in [0.15, 0.2) is 53.7 Å². The molecule has 6 nitrogen and oxygen atoms in total. The summed E-state index contributed by atoms with van der Waals surface area (Å²) in [5.74, 6) is 0. The van der Waals surface area contributed by atoms with Crippen LogP contribution in [-0.4, -0.2) is 48.8 Å². The molecule has 1 aromatic carbocycles. The van der Waals surface area contributed by atoms with Gasteiger partial charge < -0.3 is 0 Å². The lowest BCUT2D eigenvalue weighted by molar-refractivity contribution is 0.181. The minimum absolute atomic E-state index is 0.230. The zero-order valence-electron chi connectivity index (χ0n) is 13.2. The van der Waals surface area contributed by atoms with Crippen molar-refractivity contribution in [3.05, 3.63) is 59.9 Å². The first-order chi connectivity index (χ1) is 11.6. The van der Waals surface area contributed by atoms with Gasteiger partial charge in [-0.1, -0.05) is 18.2 Å². The van der Waals surface area contributed by atoms with Gasteiger partial charge in [-0.2, -0.15) is 9.57 Å². The number of sulfonamides is 1. The summed E-state index contributed by atoms with van der Waals surface area (Å²) in [6, 6.07) is 12.9. The van der Waals surface area contributed by atoms with Crippen LogP contribution in [0, 0.1) is 11.3 Å². The molecule has 24 heavy (non-hydrogen) atoms. The second-order valence-electron chi connectivity index (χ2n) is 5.64. The molecule has 0 saturated carbocycles. The van der Waals surface area contributed by atoms with Crippen molar-refractivity contribution < 1.29 is 8.42 Å². The van der Waals surface area contributed by atoms with Gasteiger partial charge >= 0.3 is 0 Å². The van der Waals surface area contributed by atoms with Gasteiger partial charge in [0.2, 0.25) is 10.0 Å². The highest BCUT2D eigenvalue weighted by Gasteiger charge is 2.28. The molecule has 0 N–H and O–H groups in total. The standard InChI is InChI=1S/C17H18N4O2S/c18-12-15-4-1-2-5-16(15)14-20-8-10-21(11-9-20)24(22,23)17-6-3-7-19-13-17/h1-7,13H,8-11,14H2. The molecule has 0 atom stereocenters. The number of hydrogen-bond donors (Lipinski definition) is 0. The molecule has 1 saturated heterocycles. The van der Waals surface area contributed by atoms with Gasteiger partial charge in [0.25, 0.3) is 0 Å². The Hall–Kier alpha value is -2.27. The van der Waals surface area contributed by atoms with Crippen LogP contribution in [0.25, 0.3) is 0 Å². The third kappa shape index (κ3) is 3.46. The predicted molar refractivity (Wildman–Crippen MR) is 89.4 cm³/mol. The van der Waals surface area contributed by atoms with Gasteiger partial charge in [0, 0.05) is 45.1 Å². The molecule has 1 aliphatic heterocycles. The summed E-state index contributed by atoms with van der Waals surface area (Å²) >= 11 is 0. The highest BCUT2D eigenvalue weighted by molar-refractivity contribution is 7.89. The minimum atomic E-state index is -3.48. The third-order valence-corrected chi connectivity index (χ3v) is 6.02. The van der Waals surface area contributed by atoms with Gasteiger partial charge in [0.05, 0.1) is 11.6 Å². The van der Waals surface area contributed by atoms with Crippen LogP contribution in [0.4, 0.5) is 0 Å². The molecule has 1 fully saturated rings. The van der Waals surface area contributed by atoms with Crippen LogP contribution >= 0.6 is 0 Å². The predicted octanol–water partition coefficient (Wildman–Crippen LogP) is 1.46. The Morgan fingerprint density at radius 2 is 1.83 bits per heavy atom. The first kappa shape index (κ1) is 16.6. The van der Waals surface area contributed by atoms with E-state index in [0.717, 1.165) is 5.56 Å². The number of benzene rings is 1. The van der Waals surface area contributed by atoms with Gasteiger partial charge in [0.1, 0.15) is 4.90 Å². The Kier molecular flexibility index (Phi) is 4.90. The normalized spacial score (nSPS) is 16.6. The van der Waals surface area contributed by atoms with Crippen molar-refractivity contribution in [1.29, 1.82) is 5.26 Å². The monoisotopic (exact) mass is 342 g/mol. The average Bonchev–Trinajstić information content (AvgIpc) is 2.63. The first-order valence-electron chi connectivity index (χ1n) is 7.72. The van der Waals surface area contributed by atoms with E-state index < -0.39 is 10.0 Å². The fourth-order valence-electron chi connectivity index (χ4n) is 2.78. The molecule has 0 bridgehead atoms. The lowest BCUT2D eigenvalue weighted by Gasteiger charge is -2.34. The highest BCUT2D eigenvalue weighted by atomic mass is 32.2. The van der Waals surface area contributed by atoms with Gasteiger partial charge in [-0.25, -0.2) is 8.42 Å². The van der Waals surface area contributed by atoms with Crippen LogP contribution in [0.5, 0.6) is 0 Å². The molecule has 0 spiro atoms. The van der Waals surface area contributed by atoms with E-state index in [0.29, 0.717) is 38.3 Å². The summed E-state index contributed by atoms with van der Waals surface area (Å²) in [6.45, 7) is 2.81. The largest absolute Gasteiger partial charge is 0.296 e. The molecular formula is C17H18N4O2S. The van der Waals surface area contributed by atoms with Gasteiger partial charge in [-0.05, 0) is 23.8 Å². The lowest BCUT2D eigenvalue weighted by Crippen LogP contribution is -2.48. The number of aromatic nitrogens is 1. The van der Waals surface area contributed by atoms with E-state index in [1.165, 1.54) is 10.5 Å². The zero-order valence-corrected chi connectivity index (χ0v) is 14.0. The molecule has 1 aliphatic rings. The van der Waals surface area contributed by atoms with Crippen molar-refractivity contribution in [1.82, 2.24) is 14.2 Å². The molecule has 3 rings (SSSR count). The van der Waals surface area contributed by atoms with Crippen molar-refractivity contribution in [2.24, 2.45) is 0 Å². The fraction of sp³-hybridized carbons (Fsp3) is 0.294. The lowest BCUT2D eigenvalue weighted by atomic mass is 10.1. The molecule has 0 radical (unpaired) electrons. The average molecular weight is 342 g/mol. The van der Waals surface area contributed by atoms with Crippen molar-refractivity contribution in [3.8, 4) is 6.07 Å². The van der Waals surface area contributed by atoms with Gasteiger partial charge in [0.15, 0.2) is 0 Å². The van der Waals surface area contributed by atoms with Crippen LogP contribution in [0.3, 0.4) is 0 Å². The maximum Gasteiger partial charge on any atom is 0.244 e. The Balaban J connectivity index is 1.65. The molecule has 7 heteroatoms. The molecule has 0 unspecified atom stereocenters. The topological polar surface area (TPSA) is 77.3 Å². The van der Waals surface area contributed by atoms with E-state index in [9.17, 15) is 8.42 Å².